The molecule has 2 aromatic rings. The molecule has 5 nitrogen and oxygen atoms in total. The van der Waals surface area contributed by atoms with Crippen molar-refractivity contribution in [3.63, 3.8) is 0 Å². The van der Waals surface area contributed by atoms with Gasteiger partial charge in [0.05, 0.1) is 11.6 Å². The van der Waals surface area contributed by atoms with E-state index in [2.05, 4.69) is 4.98 Å². The zero-order chi connectivity index (χ0) is 10.8. The van der Waals surface area contributed by atoms with Crippen molar-refractivity contribution in [3.8, 4) is 0 Å². The maximum atomic E-state index is 11.8. The molecule has 0 unspecified atom stereocenters. The highest BCUT2D eigenvalue weighted by molar-refractivity contribution is 6.17. The minimum absolute atomic E-state index is 0.140. The first-order chi connectivity index (χ1) is 7.24. The Morgan fingerprint density at radius 1 is 1.47 bits per heavy atom. The Kier molecular flexibility index (Phi) is 2.55. The van der Waals surface area contributed by atoms with Crippen LogP contribution in [0.15, 0.2) is 32.5 Å². The number of hydrogen-bond acceptors (Lipinski definition) is 4. The zero-order valence-electron chi connectivity index (χ0n) is 7.64. The lowest BCUT2D eigenvalue weighted by atomic mass is 10.3. The number of alkyl halides is 1. The summed E-state index contributed by atoms with van der Waals surface area (Å²) in [6.07, 6.45) is 2.80. The number of hydrogen-bond donors (Lipinski definition) is 0. The van der Waals surface area contributed by atoms with Gasteiger partial charge >= 0.3 is 5.76 Å². The van der Waals surface area contributed by atoms with Gasteiger partial charge in [-0.15, -0.1) is 11.6 Å². The van der Waals surface area contributed by atoms with E-state index in [-0.39, 0.29) is 18.0 Å². The van der Waals surface area contributed by atoms with Gasteiger partial charge in [-0.2, -0.15) is 0 Å². The summed E-state index contributed by atoms with van der Waals surface area (Å²) in [4.78, 5) is 26.9. The molecule has 0 amide bonds. The summed E-state index contributed by atoms with van der Waals surface area (Å²) < 4.78 is 5.88. The third kappa shape index (κ3) is 1.66. The van der Waals surface area contributed by atoms with Crippen LogP contribution >= 0.6 is 11.6 Å². The minimum Gasteiger partial charge on any atom is -0.407 e. The van der Waals surface area contributed by atoms with E-state index in [1.54, 1.807) is 0 Å². The Hall–Kier alpha value is -1.62. The van der Waals surface area contributed by atoms with Gasteiger partial charge in [0.15, 0.2) is 5.58 Å². The van der Waals surface area contributed by atoms with Gasteiger partial charge in [0, 0.05) is 18.6 Å². The highest BCUT2D eigenvalue weighted by Gasteiger charge is 2.08. The third-order valence-corrected chi connectivity index (χ3v) is 2.15. The topological polar surface area (TPSA) is 65.1 Å². The van der Waals surface area contributed by atoms with Crippen molar-refractivity contribution < 1.29 is 4.42 Å². The molecule has 0 saturated carbocycles. The van der Waals surface area contributed by atoms with E-state index in [0.29, 0.717) is 5.39 Å². The Labute approximate surface area is 88.9 Å². The van der Waals surface area contributed by atoms with Crippen LogP contribution in [0, 0.1) is 0 Å². The van der Waals surface area contributed by atoms with E-state index in [1.807, 2.05) is 0 Å². The van der Waals surface area contributed by atoms with Gasteiger partial charge in [-0.25, -0.2) is 9.36 Å². The summed E-state index contributed by atoms with van der Waals surface area (Å²) in [6, 6.07) is 1.51. The van der Waals surface area contributed by atoms with Gasteiger partial charge in [0.1, 0.15) is 0 Å². The van der Waals surface area contributed by atoms with Crippen LogP contribution in [0.5, 0.6) is 0 Å². The summed E-state index contributed by atoms with van der Waals surface area (Å²) >= 11 is 5.48. The lowest BCUT2D eigenvalue weighted by Crippen LogP contribution is -2.33. The maximum absolute atomic E-state index is 11.8. The van der Waals surface area contributed by atoms with Crippen LogP contribution in [0.3, 0.4) is 0 Å². The molecule has 0 aromatic carbocycles. The predicted octanol–water partition coefficient (Wildman–Crippen LogP) is 0.588. The van der Waals surface area contributed by atoms with Crippen LogP contribution in [0.1, 0.15) is 0 Å². The first kappa shape index (κ1) is 9.92. The quantitative estimate of drug-likeness (QED) is 0.703. The second-order valence-corrected chi connectivity index (χ2v) is 3.26. The molecule has 0 atom stereocenters. The van der Waals surface area contributed by atoms with Crippen molar-refractivity contribution in [2.24, 2.45) is 0 Å². The fraction of sp³-hybridized carbons (Fsp3) is 0.222. The fourth-order valence-corrected chi connectivity index (χ4v) is 1.46. The number of rotatable bonds is 2. The average Bonchev–Trinajstić information content (AvgIpc) is 2.24. The zero-order valence-corrected chi connectivity index (χ0v) is 8.40. The van der Waals surface area contributed by atoms with Gasteiger partial charge in [0.25, 0.3) is 5.56 Å². The summed E-state index contributed by atoms with van der Waals surface area (Å²) in [5.41, 5.74) is -0.206. The third-order valence-electron chi connectivity index (χ3n) is 1.99. The number of fused-ring (bicyclic) bond motifs is 1. The molecule has 2 aromatic heterocycles. The number of pyridine rings is 1. The van der Waals surface area contributed by atoms with Crippen molar-refractivity contribution >= 4 is 22.6 Å². The summed E-state index contributed by atoms with van der Waals surface area (Å²) in [6.45, 7) is 0.140. The van der Waals surface area contributed by atoms with Gasteiger partial charge in [-0.1, -0.05) is 0 Å². The van der Waals surface area contributed by atoms with Crippen molar-refractivity contribution in [3.05, 3.63) is 39.4 Å². The molecule has 15 heavy (non-hydrogen) atoms. The lowest BCUT2D eigenvalue weighted by molar-refractivity contribution is 0.465. The number of aromatic nitrogens is 2. The van der Waals surface area contributed by atoms with Crippen molar-refractivity contribution in [2.45, 2.75) is 6.54 Å². The molecular formula is C9H7ClN2O3. The molecular weight excluding hydrogens is 220 g/mol. The second-order valence-electron chi connectivity index (χ2n) is 2.89. The Morgan fingerprint density at radius 3 is 3.00 bits per heavy atom. The van der Waals surface area contributed by atoms with Crippen LogP contribution < -0.4 is 11.3 Å². The molecule has 6 heteroatoms. The molecule has 0 fully saturated rings. The Balaban J connectivity index is 2.85. The summed E-state index contributed by atoms with van der Waals surface area (Å²) in [5, 5.41) is 0.328. The smallest absolute Gasteiger partial charge is 0.407 e. The van der Waals surface area contributed by atoms with Gasteiger partial charge in [0.2, 0.25) is 0 Å². The fourth-order valence-electron chi connectivity index (χ4n) is 1.29. The van der Waals surface area contributed by atoms with Gasteiger partial charge < -0.3 is 4.42 Å². The van der Waals surface area contributed by atoms with Crippen molar-refractivity contribution in [1.29, 1.82) is 0 Å². The summed E-state index contributed by atoms with van der Waals surface area (Å²) in [7, 11) is 0. The van der Waals surface area contributed by atoms with Crippen LogP contribution in [0.25, 0.3) is 11.0 Å². The normalized spacial score (nSPS) is 10.7. The van der Waals surface area contributed by atoms with E-state index in [0.717, 1.165) is 4.57 Å². The number of halogens is 1. The molecule has 0 aliphatic rings. The molecule has 0 radical (unpaired) electrons. The largest absolute Gasteiger partial charge is 0.422 e. The average molecular weight is 227 g/mol. The molecule has 78 valence electrons. The molecule has 2 heterocycles. The number of nitrogens with zero attached hydrogens (tertiary/aromatic N) is 2. The van der Waals surface area contributed by atoms with Crippen LogP contribution in [-0.2, 0) is 6.54 Å². The Bertz CT molecular complexity index is 602. The minimum atomic E-state index is -0.707. The molecule has 0 aliphatic heterocycles. The van der Waals surface area contributed by atoms with E-state index in [1.165, 1.54) is 18.5 Å². The first-order valence-corrected chi connectivity index (χ1v) is 4.81. The first-order valence-electron chi connectivity index (χ1n) is 4.27. The van der Waals surface area contributed by atoms with Crippen LogP contribution in [0.4, 0.5) is 0 Å². The van der Waals surface area contributed by atoms with E-state index in [4.69, 9.17) is 16.0 Å². The van der Waals surface area contributed by atoms with Crippen LogP contribution in [-0.4, -0.2) is 15.4 Å². The Morgan fingerprint density at radius 2 is 2.27 bits per heavy atom. The highest BCUT2D eigenvalue weighted by Crippen LogP contribution is 2.03. The summed E-state index contributed by atoms with van der Waals surface area (Å²) in [5.74, 6) is -0.525. The van der Waals surface area contributed by atoms with Gasteiger partial charge in [-0.3, -0.25) is 9.78 Å². The predicted molar refractivity (Wildman–Crippen MR) is 55.3 cm³/mol. The van der Waals surface area contributed by atoms with E-state index >= 15 is 0 Å². The van der Waals surface area contributed by atoms with Crippen molar-refractivity contribution in [1.82, 2.24) is 9.55 Å². The molecule has 2 rings (SSSR count). The lowest BCUT2D eigenvalue weighted by Gasteiger charge is -2.01. The maximum Gasteiger partial charge on any atom is 0.422 e. The van der Waals surface area contributed by atoms with Crippen LogP contribution in [0.2, 0.25) is 0 Å². The van der Waals surface area contributed by atoms with Crippen molar-refractivity contribution in [2.75, 3.05) is 5.88 Å². The molecule has 0 saturated heterocycles. The molecule has 0 N–H and O–H groups in total. The molecule has 0 aliphatic carbocycles. The van der Waals surface area contributed by atoms with E-state index < -0.39 is 11.3 Å². The monoisotopic (exact) mass is 226 g/mol. The van der Waals surface area contributed by atoms with E-state index in [9.17, 15) is 9.59 Å². The molecule has 0 bridgehead atoms. The highest BCUT2D eigenvalue weighted by atomic mass is 35.5. The SMILES string of the molecule is O=c1oc2cnccc2c(=O)n1CCCl. The standard InChI is InChI=1S/C9H7ClN2O3/c10-2-4-12-8(13)6-1-3-11-5-7(6)15-9(12)14/h1,3,5H,2,4H2. The molecule has 0 spiro atoms. The second kappa shape index (κ2) is 3.86. The van der Waals surface area contributed by atoms with Gasteiger partial charge in [-0.05, 0) is 6.07 Å².